The van der Waals surface area contributed by atoms with E-state index in [1.807, 2.05) is 6.07 Å². The predicted molar refractivity (Wildman–Crippen MR) is 67.8 cm³/mol. The first-order valence-corrected chi connectivity index (χ1v) is 6.68. The van der Waals surface area contributed by atoms with E-state index < -0.39 is 0 Å². The third kappa shape index (κ3) is 1.87. The number of nitrogens with one attached hydrogen (secondary N) is 1. The van der Waals surface area contributed by atoms with Crippen molar-refractivity contribution in [2.24, 2.45) is 0 Å². The number of hydrogen-bond donors (Lipinski definition) is 1. The van der Waals surface area contributed by atoms with E-state index in [1.165, 1.54) is 49.7 Å². The van der Waals surface area contributed by atoms with Gasteiger partial charge in [-0.1, -0.05) is 36.9 Å². The minimum absolute atomic E-state index is 0.402. The van der Waals surface area contributed by atoms with Gasteiger partial charge in [0.05, 0.1) is 0 Å². The molecule has 1 N–H and O–H groups in total. The Labute approximate surface area is 102 Å². The molecule has 1 spiro atoms. The topological polar surface area (TPSA) is 12.0 Å². The zero-order valence-corrected chi connectivity index (χ0v) is 10.3. The maximum atomic E-state index is 6.03. The average Bonchev–Trinajstić information content (AvgIpc) is 2.31. The van der Waals surface area contributed by atoms with Crippen molar-refractivity contribution in [1.29, 1.82) is 0 Å². The van der Waals surface area contributed by atoms with Gasteiger partial charge in [0.25, 0.3) is 0 Å². The Hall–Kier alpha value is -0.530. The third-order valence-corrected chi connectivity index (χ3v) is 4.40. The Morgan fingerprint density at radius 2 is 1.88 bits per heavy atom. The predicted octanol–water partition coefficient (Wildman–Crippen LogP) is 3.69. The lowest BCUT2D eigenvalue weighted by atomic mass is 9.74. The first kappa shape index (κ1) is 10.6. The Kier molecular flexibility index (Phi) is 2.68. The largest absolute Gasteiger partial charge is 0.307 e. The second kappa shape index (κ2) is 4.05. The van der Waals surface area contributed by atoms with E-state index in [-0.39, 0.29) is 0 Å². The molecule has 0 aromatic heterocycles. The van der Waals surface area contributed by atoms with Crippen molar-refractivity contribution in [2.45, 2.75) is 50.6 Å². The summed E-state index contributed by atoms with van der Waals surface area (Å²) in [6.07, 6.45) is 8.06. The molecule has 1 aromatic carbocycles. The van der Waals surface area contributed by atoms with Crippen LogP contribution in [0.1, 0.15) is 43.2 Å². The van der Waals surface area contributed by atoms with Gasteiger partial charge in [-0.2, -0.15) is 0 Å². The molecule has 1 fully saturated rings. The summed E-state index contributed by atoms with van der Waals surface area (Å²) in [7, 11) is 0. The minimum atomic E-state index is 0.402. The highest BCUT2D eigenvalue weighted by Crippen LogP contribution is 2.35. The van der Waals surface area contributed by atoms with Crippen LogP contribution >= 0.6 is 11.6 Å². The molecule has 1 aromatic rings. The van der Waals surface area contributed by atoms with Crippen LogP contribution in [0, 0.1) is 0 Å². The van der Waals surface area contributed by atoms with Crippen LogP contribution < -0.4 is 5.32 Å². The van der Waals surface area contributed by atoms with Crippen molar-refractivity contribution < 1.29 is 0 Å². The molecule has 0 bridgehead atoms. The zero-order valence-electron chi connectivity index (χ0n) is 9.56. The molecule has 1 heterocycles. The Bertz CT molecular complexity index is 394. The summed E-state index contributed by atoms with van der Waals surface area (Å²) in [6.45, 7) is 0.996. The molecule has 1 aliphatic carbocycles. The van der Waals surface area contributed by atoms with E-state index in [0.717, 1.165) is 11.6 Å². The maximum absolute atomic E-state index is 6.03. The second-order valence-corrected chi connectivity index (χ2v) is 5.72. The van der Waals surface area contributed by atoms with E-state index in [0.29, 0.717) is 5.54 Å². The van der Waals surface area contributed by atoms with Gasteiger partial charge < -0.3 is 5.32 Å². The summed E-state index contributed by atoms with van der Waals surface area (Å²) in [4.78, 5) is 0. The quantitative estimate of drug-likeness (QED) is 0.723. The normalized spacial score (nSPS) is 23.1. The van der Waals surface area contributed by atoms with Crippen molar-refractivity contribution in [2.75, 3.05) is 0 Å². The average molecular weight is 236 g/mol. The second-order valence-electron chi connectivity index (χ2n) is 5.28. The van der Waals surface area contributed by atoms with Gasteiger partial charge in [0, 0.05) is 17.1 Å². The van der Waals surface area contributed by atoms with Crippen LogP contribution in [0.25, 0.3) is 0 Å². The molecule has 2 aliphatic rings. The van der Waals surface area contributed by atoms with Crippen LogP contribution in [-0.4, -0.2) is 5.54 Å². The van der Waals surface area contributed by atoms with E-state index >= 15 is 0 Å². The van der Waals surface area contributed by atoms with Gasteiger partial charge >= 0.3 is 0 Å². The number of fused-ring (bicyclic) bond motifs is 1. The van der Waals surface area contributed by atoms with Gasteiger partial charge in [-0.25, -0.2) is 0 Å². The SMILES string of the molecule is Clc1ccc2c(c1)CNC1(CCCCC1)C2. The molecule has 0 amide bonds. The molecule has 0 atom stereocenters. The first-order valence-electron chi connectivity index (χ1n) is 6.30. The molecule has 3 rings (SSSR count). The molecule has 0 unspecified atom stereocenters. The summed E-state index contributed by atoms with van der Waals surface area (Å²) in [6, 6.07) is 6.36. The third-order valence-electron chi connectivity index (χ3n) is 4.16. The van der Waals surface area contributed by atoms with Crippen LogP contribution in [-0.2, 0) is 13.0 Å². The Balaban J connectivity index is 1.88. The number of hydrogen-bond acceptors (Lipinski definition) is 1. The van der Waals surface area contributed by atoms with Crippen molar-refractivity contribution >= 4 is 11.6 Å². The Morgan fingerprint density at radius 1 is 1.06 bits per heavy atom. The van der Waals surface area contributed by atoms with Crippen LogP contribution in [0.15, 0.2) is 18.2 Å². The van der Waals surface area contributed by atoms with E-state index in [2.05, 4.69) is 17.4 Å². The zero-order chi connectivity index (χ0) is 11.0. The number of rotatable bonds is 0. The van der Waals surface area contributed by atoms with Gasteiger partial charge in [0.2, 0.25) is 0 Å². The highest BCUT2D eigenvalue weighted by Gasteiger charge is 2.34. The first-order chi connectivity index (χ1) is 7.77. The molecule has 1 nitrogen and oxygen atoms in total. The fraction of sp³-hybridized carbons (Fsp3) is 0.571. The smallest absolute Gasteiger partial charge is 0.0409 e. The van der Waals surface area contributed by atoms with Crippen LogP contribution in [0.5, 0.6) is 0 Å². The van der Waals surface area contributed by atoms with Gasteiger partial charge in [-0.3, -0.25) is 0 Å². The molecular formula is C14H18ClN. The lowest BCUT2D eigenvalue weighted by Gasteiger charge is -2.42. The van der Waals surface area contributed by atoms with E-state index in [1.54, 1.807) is 0 Å². The highest BCUT2D eigenvalue weighted by molar-refractivity contribution is 6.30. The molecular weight excluding hydrogens is 218 g/mol. The summed E-state index contributed by atoms with van der Waals surface area (Å²) in [5.41, 5.74) is 3.30. The van der Waals surface area contributed by atoms with Crippen LogP contribution in [0.2, 0.25) is 5.02 Å². The van der Waals surface area contributed by atoms with Gasteiger partial charge in [0.15, 0.2) is 0 Å². The lowest BCUT2D eigenvalue weighted by Crippen LogP contribution is -2.50. The minimum Gasteiger partial charge on any atom is -0.307 e. The lowest BCUT2D eigenvalue weighted by molar-refractivity contribution is 0.215. The van der Waals surface area contributed by atoms with Crippen molar-refractivity contribution in [1.82, 2.24) is 5.32 Å². The van der Waals surface area contributed by atoms with Crippen molar-refractivity contribution in [3.63, 3.8) is 0 Å². The fourth-order valence-electron chi connectivity index (χ4n) is 3.22. The van der Waals surface area contributed by atoms with E-state index in [9.17, 15) is 0 Å². The molecule has 1 saturated carbocycles. The summed E-state index contributed by atoms with van der Waals surface area (Å²) < 4.78 is 0. The van der Waals surface area contributed by atoms with Crippen molar-refractivity contribution in [3.05, 3.63) is 34.3 Å². The van der Waals surface area contributed by atoms with Gasteiger partial charge in [-0.05, 0) is 42.5 Å². The molecule has 86 valence electrons. The monoisotopic (exact) mass is 235 g/mol. The van der Waals surface area contributed by atoms with Gasteiger partial charge in [0.1, 0.15) is 0 Å². The number of halogens is 1. The van der Waals surface area contributed by atoms with Crippen LogP contribution in [0.4, 0.5) is 0 Å². The van der Waals surface area contributed by atoms with Crippen molar-refractivity contribution in [3.8, 4) is 0 Å². The maximum Gasteiger partial charge on any atom is 0.0409 e. The molecule has 2 heteroatoms. The van der Waals surface area contributed by atoms with Crippen LogP contribution in [0.3, 0.4) is 0 Å². The molecule has 0 saturated heterocycles. The van der Waals surface area contributed by atoms with Gasteiger partial charge in [-0.15, -0.1) is 0 Å². The molecule has 16 heavy (non-hydrogen) atoms. The Morgan fingerprint density at radius 3 is 2.69 bits per heavy atom. The molecule has 0 radical (unpaired) electrons. The number of benzene rings is 1. The highest BCUT2D eigenvalue weighted by atomic mass is 35.5. The standard InChI is InChI=1S/C14H18ClN/c15-13-5-4-11-9-14(6-2-1-3-7-14)16-10-12(11)8-13/h4-5,8,16H,1-3,6-7,9-10H2. The fourth-order valence-corrected chi connectivity index (χ4v) is 3.42. The summed E-state index contributed by atoms with van der Waals surface area (Å²) >= 11 is 6.03. The molecule has 1 aliphatic heterocycles. The summed E-state index contributed by atoms with van der Waals surface area (Å²) in [5, 5.41) is 4.62. The summed E-state index contributed by atoms with van der Waals surface area (Å²) in [5.74, 6) is 0. The van der Waals surface area contributed by atoms with E-state index in [4.69, 9.17) is 11.6 Å².